The molecule has 8 nitrogen and oxygen atoms in total. The van der Waals surface area contributed by atoms with Crippen molar-refractivity contribution in [1.82, 2.24) is 20.2 Å². The van der Waals surface area contributed by atoms with Crippen LogP contribution in [0.4, 0.5) is 5.69 Å². The number of hydrogen-bond donors (Lipinski definition) is 1. The largest absolute Gasteiger partial charge is 0.451 e. The third kappa shape index (κ3) is 4.11. The zero-order valence-corrected chi connectivity index (χ0v) is 12.6. The molecular formula is C14H17N5O3. The van der Waals surface area contributed by atoms with Gasteiger partial charge in [-0.2, -0.15) is 0 Å². The number of aromatic nitrogens is 4. The Kier molecular flexibility index (Phi) is 4.82. The highest BCUT2D eigenvalue weighted by Gasteiger charge is 2.19. The van der Waals surface area contributed by atoms with Gasteiger partial charge in [0.1, 0.15) is 12.9 Å². The van der Waals surface area contributed by atoms with Gasteiger partial charge in [0, 0.05) is 5.69 Å². The summed E-state index contributed by atoms with van der Waals surface area (Å²) in [6.45, 7) is 5.24. The number of nitrogens with zero attached hydrogens (tertiary/aromatic N) is 4. The summed E-state index contributed by atoms with van der Waals surface area (Å²) in [5, 5.41) is 13.1. The van der Waals surface area contributed by atoms with E-state index in [1.54, 1.807) is 0 Å². The summed E-state index contributed by atoms with van der Waals surface area (Å²) in [6, 6.07) is 5.68. The number of ether oxygens (including phenoxy) is 1. The first kappa shape index (κ1) is 15.6. The van der Waals surface area contributed by atoms with E-state index < -0.39 is 18.0 Å². The lowest BCUT2D eigenvalue weighted by atomic mass is 10.1. The number of aryl methyl sites for hydroxylation is 2. The molecule has 0 unspecified atom stereocenters. The molecule has 116 valence electrons. The van der Waals surface area contributed by atoms with E-state index in [1.807, 2.05) is 32.0 Å². The molecule has 0 aliphatic carbocycles. The zero-order chi connectivity index (χ0) is 16.1. The van der Waals surface area contributed by atoms with Crippen LogP contribution in [-0.4, -0.2) is 38.2 Å². The van der Waals surface area contributed by atoms with Crippen LogP contribution in [0.1, 0.15) is 18.1 Å². The van der Waals surface area contributed by atoms with Crippen molar-refractivity contribution < 1.29 is 14.3 Å². The number of amides is 1. The Hall–Kier alpha value is -2.77. The maximum Gasteiger partial charge on any atom is 0.328 e. The van der Waals surface area contributed by atoms with E-state index in [9.17, 15) is 9.59 Å². The second-order valence-electron chi connectivity index (χ2n) is 4.95. The molecule has 1 N–H and O–H groups in total. The van der Waals surface area contributed by atoms with Gasteiger partial charge in [-0.05, 0) is 42.8 Å². The average Bonchev–Trinajstić information content (AvgIpc) is 2.94. The van der Waals surface area contributed by atoms with Crippen LogP contribution in [0.2, 0.25) is 0 Å². The molecule has 0 fully saturated rings. The molecule has 1 atom stereocenters. The number of tetrazole rings is 1. The van der Waals surface area contributed by atoms with Gasteiger partial charge < -0.3 is 10.1 Å². The highest BCUT2D eigenvalue weighted by Crippen LogP contribution is 2.16. The second-order valence-corrected chi connectivity index (χ2v) is 4.95. The third-order valence-electron chi connectivity index (χ3n) is 3.00. The number of anilines is 1. The highest BCUT2D eigenvalue weighted by molar-refractivity contribution is 5.95. The fourth-order valence-electron chi connectivity index (χ4n) is 1.86. The smallest absolute Gasteiger partial charge is 0.328 e. The summed E-state index contributed by atoms with van der Waals surface area (Å²) in [7, 11) is 0. The van der Waals surface area contributed by atoms with Crippen LogP contribution in [0.25, 0.3) is 0 Å². The van der Waals surface area contributed by atoms with Gasteiger partial charge in [0.15, 0.2) is 6.10 Å². The molecule has 0 aliphatic rings. The van der Waals surface area contributed by atoms with E-state index in [1.165, 1.54) is 17.9 Å². The summed E-state index contributed by atoms with van der Waals surface area (Å²) in [4.78, 5) is 23.7. The first-order valence-electron chi connectivity index (χ1n) is 6.74. The van der Waals surface area contributed by atoms with Crippen molar-refractivity contribution in [3.05, 3.63) is 35.7 Å². The maximum absolute atomic E-state index is 12.1. The fourth-order valence-corrected chi connectivity index (χ4v) is 1.86. The molecule has 0 bridgehead atoms. The quantitative estimate of drug-likeness (QED) is 0.822. The number of nitrogens with one attached hydrogen (secondary N) is 1. The Morgan fingerprint density at radius 3 is 2.77 bits per heavy atom. The molecule has 1 aromatic carbocycles. The molecule has 0 saturated carbocycles. The van der Waals surface area contributed by atoms with Gasteiger partial charge in [0.25, 0.3) is 5.91 Å². The second kappa shape index (κ2) is 6.79. The number of esters is 1. The van der Waals surface area contributed by atoms with Gasteiger partial charge in [-0.15, -0.1) is 5.10 Å². The van der Waals surface area contributed by atoms with Gasteiger partial charge in [-0.25, -0.2) is 4.68 Å². The highest BCUT2D eigenvalue weighted by atomic mass is 16.5. The van der Waals surface area contributed by atoms with Crippen molar-refractivity contribution in [1.29, 1.82) is 0 Å². The average molecular weight is 303 g/mol. The van der Waals surface area contributed by atoms with E-state index in [4.69, 9.17) is 4.74 Å². The topological polar surface area (TPSA) is 99.0 Å². The Balaban J connectivity index is 1.90. The Morgan fingerprint density at radius 2 is 2.14 bits per heavy atom. The van der Waals surface area contributed by atoms with Crippen molar-refractivity contribution >= 4 is 17.6 Å². The molecule has 0 radical (unpaired) electrons. The van der Waals surface area contributed by atoms with Gasteiger partial charge in [0.2, 0.25) is 0 Å². The van der Waals surface area contributed by atoms with Crippen molar-refractivity contribution in [2.24, 2.45) is 0 Å². The molecule has 2 aromatic rings. The van der Waals surface area contributed by atoms with Crippen LogP contribution in [0, 0.1) is 13.8 Å². The lowest BCUT2D eigenvalue weighted by molar-refractivity contribution is -0.153. The van der Waals surface area contributed by atoms with Crippen molar-refractivity contribution in [2.75, 3.05) is 5.32 Å². The van der Waals surface area contributed by atoms with Crippen LogP contribution in [-0.2, 0) is 20.9 Å². The number of rotatable bonds is 5. The summed E-state index contributed by atoms with van der Waals surface area (Å²) in [5.74, 6) is -0.979. The molecule has 1 amide bonds. The van der Waals surface area contributed by atoms with Crippen LogP contribution in [0.5, 0.6) is 0 Å². The molecule has 1 aromatic heterocycles. The number of benzene rings is 1. The van der Waals surface area contributed by atoms with E-state index in [-0.39, 0.29) is 6.54 Å². The lowest BCUT2D eigenvalue weighted by Crippen LogP contribution is -2.31. The zero-order valence-electron chi connectivity index (χ0n) is 12.6. The molecule has 0 saturated heterocycles. The van der Waals surface area contributed by atoms with Crippen molar-refractivity contribution in [3.8, 4) is 0 Å². The van der Waals surface area contributed by atoms with E-state index in [2.05, 4.69) is 20.8 Å². The van der Waals surface area contributed by atoms with Gasteiger partial charge in [-0.1, -0.05) is 17.7 Å². The van der Waals surface area contributed by atoms with Gasteiger partial charge in [0.05, 0.1) is 0 Å². The standard InChI is InChI=1S/C14H17N5O3/c1-9-4-5-12(10(2)6-9)16-14(21)11(3)22-13(20)7-19-8-15-17-18-19/h4-6,8,11H,7H2,1-3H3,(H,16,21)/t11-/m1/s1. The first-order valence-corrected chi connectivity index (χ1v) is 6.74. The first-order chi connectivity index (χ1) is 10.5. The summed E-state index contributed by atoms with van der Waals surface area (Å²) >= 11 is 0. The summed E-state index contributed by atoms with van der Waals surface area (Å²) in [5.41, 5.74) is 2.75. The third-order valence-corrected chi connectivity index (χ3v) is 3.00. The van der Waals surface area contributed by atoms with Crippen LogP contribution >= 0.6 is 0 Å². The van der Waals surface area contributed by atoms with E-state index in [0.29, 0.717) is 5.69 Å². The molecular weight excluding hydrogens is 286 g/mol. The molecule has 22 heavy (non-hydrogen) atoms. The van der Waals surface area contributed by atoms with Gasteiger partial charge >= 0.3 is 5.97 Å². The SMILES string of the molecule is Cc1ccc(NC(=O)[C@@H](C)OC(=O)Cn2cnnn2)c(C)c1. The number of carbonyl (C=O) groups is 2. The van der Waals surface area contributed by atoms with Crippen molar-refractivity contribution in [2.45, 2.75) is 33.4 Å². The minimum Gasteiger partial charge on any atom is -0.451 e. The molecule has 1 heterocycles. The molecule has 0 aliphatic heterocycles. The van der Waals surface area contributed by atoms with Crippen LogP contribution in [0.3, 0.4) is 0 Å². The summed E-state index contributed by atoms with van der Waals surface area (Å²) in [6.07, 6.45) is 0.381. The lowest BCUT2D eigenvalue weighted by Gasteiger charge is -2.14. The number of hydrogen-bond acceptors (Lipinski definition) is 6. The normalized spacial score (nSPS) is 11.8. The minimum atomic E-state index is -0.912. The fraction of sp³-hybridized carbons (Fsp3) is 0.357. The van der Waals surface area contributed by atoms with Crippen molar-refractivity contribution in [3.63, 3.8) is 0 Å². The van der Waals surface area contributed by atoms with E-state index in [0.717, 1.165) is 11.1 Å². The van der Waals surface area contributed by atoms with Gasteiger partial charge in [-0.3, -0.25) is 9.59 Å². The van der Waals surface area contributed by atoms with E-state index >= 15 is 0 Å². The minimum absolute atomic E-state index is 0.145. The predicted molar refractivity (Wildman–Crippen MR) is 77.9 cm³/mol. The molecule has 2 rings (SSSR count). The summed E-state index contributed by atoms with van der Waals surface area (Å²) < 4.78 is 6.27. The Labute approximate surface area is 127 Å². The molecule has 8 heteroatoms. The predicted octanol–water partition coefficient (Wildman–Crippen LogP) is 0.860. The van der Waals surface area contributed by atoms with Crippen LogP contribution < -0.4 is 5.32 Å². The maximum atomic E-state index is 12.1. The number of carbonyl (C=O) groups excluding carboxylic acids is 2. The molecule has 0 spiro atoms. The monoisotopic (exact) mass is 303 g/mol. The Morgan fingerprint density at radius 1 is 1.36 bits per heavy atom. The van der Waals surface area contributed by atoms with Crippen LogP contribution in [0.15, 0.2) is 24.5 Å². The Bertz CT molecular complexity index is 669.